The average Bonchev–Trinajstić information content (AvgIpc) is 2.90. The van der Waals surface area contributed by atoms with Crippen LogP contribution in [0.15, 0.2) is 24.3 Å². The van der Waals surface area contributed by atoms with Crippen LogP contribution in [0, 0.1) is 0 Å². The molecule has 1 aromatic rings. The van der Waals surface area contributed by atoms with Crippen LogP contribution in [0.3, 0.4) is 0 Å². The number of imide groups is 1. The van der Waals surface area contributed by atoms with Crippen molar-refractivity contribution in [2.45, 2.75) is 38.9 Å². The predicted octanol–water partition coefficient (Wildman–Crippen LogP) is 1.24. The van der Waals surface area contributed by atoms with Gasteiger partial charge in [-0.25, -0.2) is 0 Å². The van der Waals surface area contributed by atoms with E-state index in [1.807, 2.05) is 13.8 Å². The summed E-state index contributed by atoms with van der Waals surface area (Å²) in [5.74, 6) is -1.48. The van der Waals surface area contributed by atoms with Crippen molar-refractivity contribution in [2.75, 3.05) is 26.2 Å². The number of hydrogen-bond acceptors (Lipinski definition) is 6. The second-order valence-corrected chi connectivity index (χ2v) is 7.13. The maximum absolute atomic E-state index is 12.3. The van der Waals surface area contributed by atoms with Crippen molar-refractivity contribution < 1.29 is 28.7 Å². The second kappa shape index (κ2) is 8.52. The Hall–Kier alpha value is -2.74. The standard InChI is InChI=1S/C20H24N2O6/c1-13-10-21(11-14(2)28-13)17(23)12-27-18(24)8-5-9-22-19(25)15-6-3-4-7-16(15)20(22)26/h3-4,6-7,13-14H,5,8-12H2,1-2H3/t13-,14-/m0/s1. The Morgan fingerprint density at radius 2 is 1.64 bits per heavy atom. The van der Waals surface area contributed by atoms with E-state index in [9.17, 15) is 19.2 Å². The first kappa shape index (κ1) is 20.0. The first-order valence-corrected chi connectivity index (χ1v) is 9.41. The molecule has 3 rings (SSSR count). The Morgan fingerprint density at radius 3 is 2.21 bits per heavy atom. The van der Waals surface area contributed by atoms with Crippen molar-refractivity contribution in [3.8, 4) is 0 Å². The van der Waals surface area contributed by atoms with Crippen molar-refractivity contribution in [2.24, 2.45) is 0 Å². The van der Waals surface area contributed by atoms with Crippen LogP contribution in [0.1, 0.15) is 47.4 Å². The number of ether oxygens (including phenoxy) is 2. The monoisotopic (exact) mass is 388 g/mol. The lowest BCUT2D eigenvalue weighted by molar-refractivity contribution is -0.157. The minimum absolute atomic E-state index is 0.0244. The summed E-state index contributed by atoms with van der Waals surface area (Å²) in [5, 5.41) is 0. The van der Waals surface area contributed by atoms with Gasteiger partial charge in [0.15, 0.2) is 6.61 Å². The van der Waals surface area contributed by atoms with Gasteiger partial charge in [0.1, 0.15) is 0 Å². The Balaban J connectivity index is 1.40. The molecule has 1 fully saturated rings. The van der Waals surface area contributed by atoms with E-state index in [0.29, 0.717) is 24.2 Å². The molecule has 2 atom stereocenters. The molecular weight excluding hydrogens is 364 g/mol. The third-order valence-electron chi connectivity index (χ3n) is 4.77. The summed E-state index contributed by atoms with van der Waals surface area (Å²) in [7, 11) is 0. The van der Waals surface area contributed by atoms with Crippen molar-refractivity contribution in [3.63, 3.8) is 0 Å². The number of fused-ring (bicyclic) bond motifs is 1. The van der Waals surface area contributed by atoms with Gasteiger partial charge in [0.2, 0.25) is 0 Å². The largest absolute Gasteiger partial charge is 0.456 e. The van der Waals surface area contributed by atoms with Crippen LogP contribution < -0.4 is 0 Å². The molecule has 0 radical (unpaired) electrons. The molecule has 8 nitrogen and oxygen atoms in total. The molecule has 0 bridgehead atoms. The van der Waals surface area contributed by atoms with Crippen LogP contribution >= 0.6 is 0 Å². The highest BCUT2D eigenvalue weighted by atomic mass is 16.5. The van der Waals surface area contributed by atoms with E-state index in [1.54, 1.807) is 29.2 Å². The fourth-order valence-corrected chi connectivity index (χ4v) is 3.51. The van der Waals surface area contributed by atoms with E-state index in [0.717, 1.165) is 4.90 Å². The van der Waals surface area contributed by atoms with E-state index in [2.05, 4.69) is 0 Å². The first-order valence-electron chi connectivity index (χ1n) is 9.41. The van der Waals surface area contributed by atoms with Crippen molar-refractivity contribution in [3.05, 3.63) is 35.4 Å². The molecule has 2 aliphatic heterocycles. The van der Waals surface area contributed by atoms with Gasteiger partial charge >= 0.3 is 5.97 Å². The van der Waals surface area contributed by atoms with Gasteiger partial charge in [-0.15, -0.1) is 0 Å². The van der Waals surface area contributed by atoms with E-state index in [4.69, 9.17) is 9.47 Å². The quantitative estimate of drug-likeness (QED) is 0.538. The van der Waals surface area contributed by atoms with Crippen LogP contribution in [0.4, 0.5) is 0 Å². The zero-order valence-electron chi connectivity index (χ0n) is 16.1. The fourth-order valence-electron chi connectivity index (χ4n) is 3.51. The Bertz CT molecular complexity index is 748. The van der Waals surface area contributed by atoms with E-state index >= 15 is 0 Å². The maximum atomic E-state index is 12.3. The molecule has 0 N–H and O–H groups in total. The lowest BCUT2D eigenvalue weighted by atomic mass is 10.1. The van der Waals surface area contributed by atoms with Gasteiger partial charge < -0.3 is 14.4 Å². The lowest BCUT2D eigenvalue weighted by Crippen LogP contribution is -2.49. The summed E-state index contributed by atoms with van der Waals surface area (Å²) >= 11 is 0. The van der Waals surface area contributed by atoms with Gasteiger partial charge in [-0.2, -0.15) is 0 Å². The highest BCUT2D eigenvalue weighted by molar-refractivity contribution is 6.21. The summed E-state index contributed by atoms with van der Waals surface area (Å²) in [5.41, 5.74) is 0.768. The van der Waals surface area contributed by atoms with Crippen LogP contribution in [-0.4, -0.2) is 71.9 Å². The second-order valence-electron chi connectivity index (χ2n) is 7.13. The molecule has 28 heavy (non-hydrogen) atoms. The first-order chi connectivity index (χ1) is 13.4. The number of carbonyl (C=O) groups excluding carboxylic acids is 4. The molecule has 0 spiro atoms. The van der Waals surface area contributed by atoms with Gasteiger partial charge in [0, 0.05) is 26.1 Å². The molecule has 2 heterocycles. The molecule has 0 saturated carbocycles. The number of carbonyl (C=O) groups is 4. The lowest BCUT2D eigenvalue weighted by Gasteiger charge is -2.35. The smallest absolute Gasteiger partial charge is 0.306 e. The molecule has 0 unspecified atom stereocenters. The van der Waals surface area contributed by atoms with E-state index in [-0.39, 0.29) is 55.9 Å². The highest BCUT2D eigenvalue weighted by Gasteiger charge is 2.34. The Morgan fingerprint density at radius 1 is 1.07 bits per heavy atom. The maximum Gasteiger partial charge on any atom is 0.306 e. The van der Waals surface area contributed by atoms with Crippen LogP contribution in [-0.2, 0) is 19.1 Å². The SMILES string of the molecule is C[C@H]1CN(C(=O)COC(=O)CCCN2C(=O)c3ccccc3C2=O)C[C@H](C)O1. The predicted molar refractivity (Wildman–Crippen MR) is 98.6 cm³/mol. The number of rotatable bonds is 6. The van der Waals surface area contributed by atoms with E-state index in [1.165, 1.54) is 0 Å². The average molecular weight is 388 g/mol. The number of esters is 1. The molecule has 1 aromatic carbocycles. The van der Waals surface area contributed by atoms with Gasteiger partial charge in [-0.1, -0.05) is 12.1 Å². The third-order valence-corrected chi connectivity index (χ3v) is 4.77. The Labute approximate surface area is 163 Å². The van der Waals surface area contributed by atoms with Gasteiger partial charge in [0.25, 0.3) is 17.7 Å². The summed E-state index contributed by atoms with van der Waals surface area (Å²) in [4.78, 5) is 51.4. The minimum Gasteiger partial charge on any atom is -0.456 e. The summed E-state index contributed by atoms with van der Waals surface area (Å²) in [6.45, 7) is 4.54. The fraction of sp³-hybridized carbons (Fsp3) is 0.500. The summed E-state index contributed by atoms with van der Waals surface area (Å²) in [6, 6.07) is 6.64. The normalized spacial score (nSPS) is 21.6. The molecule has 0 aromatic heterocycles. The number of benzene rings is 1. The van der Waals surface area contributed by atoms with E-state index < -0.39 is 5.97 Å². The molecular formula is C20H24N2O6. The molecule has 2 aliphatic rings. The van der Waals surface area contributed by atoms with Crippen LogP contribution in [0.2, 0.25) is 0 Å². The number of amides is 3. The topological polar surface area (TPSA) is 93.2 Å². The summed E-state index contributed by atoms with van der Waals surface area (Å²) < 4.78 is 10.6. The minimum atomic E-state index is -0.528. The van der Waals surface area contributed by atoms with Crippen molar-refractivity contribution in [1.29, 1.82) is 0 Å². The van der Waals surface area contributed by atoms with Gasteiger partial charge in [-0.05, 0) is 32.4 Å². The number of hydrogen-bond donors (Lipinski definition) is 0. The molecule has 3 amide bonds. The van der Waals surface area contributed by atoms with Crippen molar-refractivity contribution in [1.82, 2.24) is 9.80 Å². The number of nitrogens with zero attached hydrogens (tertiary/aromatic N) is 2. The van der Waals surface area contributed by atoms with Gasteiger partial charge in [-0.3, -0.25) is 24.1 Å². The van der Waals surface area contributed by atoms with Crippen LogP contribution in [0.5, 0.6) is 0 Å². The molecule has 1 saturated heterocycles. The summed E-state index contributed by atoms with van der Waals surface area (Å²) in [6.07, 6.45) is 0.201. The molecule has 0 aliphatic carbocycles. The van der Waals surface area contributed by atoms with Crippen LogP contribution in [0.25, 0.3) is 0 Å². The highest BCUT2D eigenvalue weighted by Crippen LogP contribution is 2.22. The molecule has 150 valence electrons. The van der Waals surface area contributed by atoms with Gasteiger partial charge in [0.05, 0.1) is 23.3 Å². The molecule has 8 heteroatoms. The Kier molecular flexibility index (Phi) is 6.08. The van der Waals surface area contributed by atoms with Crippen molar-refractivity contribution >= 4 is 23.7 Å². The number of morpholine rings is 1. The third kappa shape index (κ3) is 4.39. The zero-order valence-corrected chi connectivity index (χ0v) is 16.1. The zero-order chi connectivity index (χ0) is 20.3.